The first-order valence-electron chi connectivity index (χ1n) is 3.90. The van der Waals surface area contributed by atoms with Crippen molar-refractivity contribution in [1.82, 2.24) is 0 Å². The SMILES string of the molecule is C=Cc1c(N=C)ccc(C(F)(F)F)c1Cl. The predicted molar refractivity (Wildman–Crippen MR) is 55.8 cm³/mol. The van der Waals surface area contributed by atoms with Crippen LogP contribution in [-0.4, -0.2) is 6.72 Å². The van der Waals surface area contributed by atoms with Crippen molar-refractivity contribution in [3.8, 4) is 0 Å². The minimum absolute atomic E-state index is 0.140. The first-order chi connectivity index (χ1) is 6.91. The van der Waals surface area contributed by atoms with Crippen molar-refractivity contribution in [3.05, 3.63) is 34.9 Å². The number of nitrogens with zero attached hydrogens (tertiary/aromatic N) is 1. The summed E-state index contributed by atoms with van der Waals surface area (Å²) >= 11 is 5.60. The molecule has 1 nitrogen and oxygen atoms in total. The molecule has 80 valence electrons. The first-order valence-corrected chi connectivity index (χ1v) is 4.28. The fourth-order valence-electron chi connectivity index (χ4n) is 1.13. The van der Waals surface area contributed by atoms with Crippen LogP contribution in [0, 0.1) is 0 Å². The summed E-state index contributed by atoms with van der Waals surface area (Å²) in [7, 11) is 0. The molecule has 0 unspecified atom stereocenters. The van der Waals surface area contributed by atoms with Crippen LogP contribution in [-0.2, 0) is 6.18 Å². The highest BCUT2D eigenvalue weighted by atomic mass is 35.5. The van der Waals surface area contributed by atoms with Gasteiger partial charge in [0.05, 0.1) is 16.3 Å². The standard InChI is InChI=1S/C10H7ClF3N/c1-3-6-8(15-2)5-4-7(9(6)11)10(12,13)14/h3-5H,1-2H2. The average molecular weight is 234 g/mol. The zero-order valence-electron chi connectivity index (χ0n) is 7.61. The summed E-state index contributed by atoms with van der Waals surface area (Å²) in [6.45, 7) is 6.62. The van der Waals surface area contributed by atoms with Crippen molar-refractivity contribution in [2.45, 2.75) is 6.18 Å². The van der Waals surface area contributed by atoms with Gasteiger partial charge >= 0.3 is 6.18 Å². The molecule has 0 heterocycles. The van der Waals surface area contributed by atoms with E-state index in [1.165, 1.54) is 12.1 Å². The summed E-state index contributed by atoms with van der Waals surface area (Å²) in [5.41, 5.74) is -0.476. The van der Waals surface area contributed by atoms with E-state index in [9.17, 15) is 13.2 Å². The number of benzene rings is 1. The second-order valence-corrected chi connectivity index (χ2v) is 3.10. The number of hydrogen-bond acceptors (Lipinski definition) is 1. The Labute approximate surface area is 89.9 Å². The summed E-state index contributed by atoms with van der Waals surface area (Å²) in [6, 6.07) is 2.08. The quantitative estimate of drug-likeness (QED) is 0.674. The summed E-state index contributed by atoms with van der Waals surface area (Å²) < 4.78 is 37.3. The molecule has 1 aromatic carbocycles. The molecule has 0 aliphatic carbocycles. The highest BCUT2D eigenvalue weighted by molar-refractivity contribution is 6.33. The molecule has 0 spiro atoms. The van der Waals surface area contributed by atoms with Crippen LogP contribution >= 0.6 is 11.6 Å². The summed E-state index contributed by atoms with van der Waals surface area (Å²) in [5, 5.41) is -0.401. The highest BCUT2D eigenvalue weighted by Crippen LogP contribution is 2.39. The zero-order chi connectivity index (χ0) is 11.6. The average Bonchev–Trinajstić information content (AvgIpc) is 2.15. The Morgan fingerprint density at radius 1 is 1.33 bits per heavy atom. The van der Waals surface area contributed by atoms with E-state index < -0.39 is 16.8 Å². The molecule has 1 rings (SSSR count). The minimum atomic E-state index is -4.48. The van der Waals surface area contributed by atoms with Crippen LogP contribution in [0.4, 0.5) is 18.9 Å². The predicted octanol–water partition coefficient (Wildman–Crippen LogP) is 4.33. The molecule has 0 N–H and O–H groups in total. The maximum Gasteiger partial charge on any atom is 0.417 e. The number of halogens is 4. The van der Waals surface area contributed by atoms with Crippen LogP contribution < -0.4 is 0 Å². The van der Waals surface area contributed by atoms with E-state index in [1.807, 2.05) is 0 Å². The van der Waals surface area contributed by atoms with Crippen LogP contribution in [0.2, 0.25) is 5.02 Å². The minimum Gasteiger partial charge on any atom is -0.264 e. The lowest BCUT2D eigenvalue weighted by molar-refractivity contribution is -0.137. The monoisotopic (exact) mass is 233 g/mol. The Balaban J connectivity index is 3.49. The zero-order valence-corrected chi connectivity index (χ0v) is 8.36. The topological polar surface area (TPSA) is 12.4 Å². The van der Waals surface area contributed by atoms with Gasteiger partial charge in [-0.1, -0.05) is 24.3 Å². The molecular formula is C10H7ClF3N. The molecule has 0 fully saturated rings. The van der Waals surface area contributed by atoms with Crippen LogP contribution in [0.15, 0.2) is 23.7 Å². The molecule has 1 aromatic rings. The van der Waals surface area contributed by atoms with Crippen LogP contribution in [0.1, 0.15) is 11.1 Å². The molecule has 0 atom stereocenters. The van der Waals surface area contributed by atoms with Gasteiger partial charge < -0.3 is 0 Å². The van der Waals surface area contributed by atoms with Gasteiger partial charge in [0.15, 0.2) is 0 Å². The highest BCUT2D eigenvalue weighted by Gasteiger charge is 2.34. The maximum atomic E-state index is 12.4. The molecule has 0 saturated heterocycles. The van der Waals surface area contributed by atoms with Gasteiger partial charge in [-0.15, -0.1) is 0 Å². The molecule has 0 amide bonds. The van der Waals surface area contributed by atoms with Crippen molar-refractivity contribution < 1.29 is 13.2 Å². The lowest BCUT2D eigenvalue weighted by Gasteiger charge is -2.12. The normalized spacial score (nSPS) is 11.2. The van der Waals surface area contributed by atoms with Gasteiger partial charge in [-0.3, -0.25) is 4.99 Å². The summed E-state index contributed by atoms with van der Waals surface area (Å²) in [4.78, 5) is 3.55. The summed E-state index contributed by atoms with van der Waals surface area (Å²) in [5.74, 6) is 0. The molecule has 0 aliphatic rings. The number of aliphatic imine (C=N–C) groups is 1. The summed E-state index contributed by atoms with van der Waals surface area (Å²) in [6.07, 6.45) is -3.25. The van der Waals surface area contributed by atoms with Gasteiger partial charge in [0, 0.05) is 5.56 Å². The van der Waals surface area contributed by atoms with Crippen LogP contribution in [0.3, 0.4) is 0 Å². The Hall–Kier alpha value is -1.29. The van der Waals surface area contributed by atoms with Crippen LogP contribution in [0.5, 0.6) is 0 Å². The lowest BCUT2D eigenvalue weighted by atomic mass is 10.1. The number of hydrogen-bond donors (Lipinski definition) is 0. The lowest BCUT2D eigenvalue weighted by Crippen LogP contribution is -2.06. The third kappa shape index (κ3) is 2.21. The molecule has 5 heteroatoms. The Bertz CT molecular complexity index is 410. The molecule has 0 aromatic heterocycles. The van der Waals surface area contributed by atoms with Gasteiger partial charge in [-0.05, 0) is 18.9 Å². The second kappa shape index (κ2) is 4.06. The van der Waals surface area contributed by atoms with Crippen molar-refractivity contribution >= 4 is 30.1 Å². The van der Waals surface area contributed by atoms with E-state index in [4.69, 9.17) is 11.6 Å². The fourth-order valence-corrected chi connectivity index (χ4v) is 1.48. The van der Waals surface area contributed by atoms with Gasteiger partial charge in [0.2, 0.25) is 0 Å². The molecule has 15 heavy (non-hydrogen) atoms. The smallest absolute Gasteiger partial charge is 0.264 e. The molecule has 0 aliphatic heterocycles. The molecule has 0 bridgehead atoms. The van der Waals surface area contributed by atoms with Crippen molar-refractivity contribution in [2.75, 3.05) is 0 Å². The molecule has 0 radical (unpaired) electrons. The molecular weight excluding hydrogens is 227 g/mol. The Morgan fingerprint density at radius 2 is 1.93 bits per heavy atom. The van der Waals surface area contributed by atoms with Gasteiger partial charge in [-0.2, -0.15) is 13.2 Å². The van der Waals surface area contributed by atoms with E-state index in [1.54, 1.807) is 0 Å². The Morgan fingerprint density at radius 3 is 2.33 bits per heavy atom. The van der Waals surface area contributed by atoms with E-state index >= 15 is 0 Å². The van der Waals surface area contributed by atoms with Crippen LogP contribution in [0.25, 0.3) is 6.08 Å². The van der Waals surface area contributed by atoms with Gasteiger partial charge in [0.25, 0.3) is 0 Å². The third-order valence-electron chi connectivity index (χ3n) is 1.84. The maximum absolute atomic E-state index is 12.4. The number of rotatable bonds is 2. The largest absolute Gasteiger partial charge is 0.417 e. The van der Waals surface area contributed by atoms with Gasteiger partial charge in [-0.25, -0.2) is 0 Å². The second-order valence-electron chi connectivity index (χ2n) is 2.72. The van der Waals surface area contributed by atoms with E-state index in [0.717, 1.165) is 6.07 Å². The van der Waals surface area contributed by atoms with E-state index in [-0.39, 0.29) is 11.3 Å². The van der Waals surface area contributed by atoms with Crippen molar-refractivity contribution in [3.63, 3.8) is 0 Å². The number of alkyl halides is 3. The third-order valence-corrected chi connectivity index (χ3v) is 2.24. The van der Waals surface area contributed by atoms with Gasteiger partial charge in [0.1, 0.15) is 0 Å². The van der Waals surface area contributed by atoms with Crippen molar-refractivity contribution in [2.24, 2.45) is 4.99 Å². The Kier molecular flexibility index (Phi) is 3.19. The fraction of sp³-hybridized carbons (Fsp3) is 0.100. The van der Waals surface area contributed by atoms with E-state index in [2.05, 4.69) is 18.3 Å². The van der Waals surface area contributed by atoms with E-state index in [0.29, 0.717) is 0 Å². The molecule has 0 saturated carbocycles. The van der Waals surface area contributed by atoms with Crippen molar-refractivity contribution in [1.29, 1.82) is 0 Å². The first kappa shape index (κ1) is 11.8.